The second-order valence-corrected chi connectivity index (χ2v) is 7.73. The van der Waals surface area contributed by atoms with Crippen LogP contribution in [0.3, 0.4) is 0 Å². The van der Waals surface area contributed by atoms with E-state index < -0.39 is 34.7 Å². The molecule has 0 spiro atoms. The smallest absolute Gasteiger partial charge is 0.400 e. The van der Waals surface area contributed by atoms with Crippen molar-refractivity contribution in [3.05, 3.63) is 67.7 Å². The summed E-state index contributed by atoms with van der Waals surface area (Å²) in [5.41, 5.74) is -2.97. The molecule has 0 amide bonds. The van der Waals surface area contributed by atoms with Crippen molar-refractivity contribution in [2.75, 3.05) is 25.1 Å². The summed E-state index contributed by atoms with van der Waals surface area (Å²) in [7, 11) is 1.08. The molecule has 30 heavy (non-hydrogen) atoms. The lowest BCUT2D eigenvalue weighted by atomic mass is 9.79. The number of ether oxygens (including phenoxy) is 1. The van der Waals surface area contributed by atoms with Crippen LogP contribution in [-0.2, 0) is 10.2 Å². The number of halogens is 5. The lowest BCUT2D eigenvalue weighted by Gasteiger charge is -2.33. The molecule has 11 heteroatoms. The molecule has 2 aromatic carbocycles. The van der Waals surface area contributed by atoms with Crippen molar-refractivity contribution in [2.45, 2.75) is 18.0 Å². The molecule has 3 rings (SSSR count). The van der Waals surface area contributed by atoms with Gasteiger partial charge >= 0.3 is 12.1 Å². The highest BCUT2D eigenvalue weighted by atomic mass is 35.5. The SMILES string of the molecule is COC(=O)c1ccc(N2CCC(c3cc(Cl)cc(Cl)c3)(C(F)(F)F)C2)cc1[N+](=O)[O-]. The zero-order valence-corrected chi connectivity index (χ0v) is 17.0. The van der Waals surface area contributed by atoms with E-state index in [2.05, 4.69) is 4.74 Å². The summed E-state index contributed by atoms with van der Waals surface area (Å²) in [4.78, 5) is 23.7. The van der Waals surface area contributed by atoms with Gasteiger partial charge in [-0.3, -0.25) is 10.1 Å². The van der Waals surface area contributed by atoms with Crippen molar-refractivity contribution in [1.82, 2.24) is 0 Å². The molecule has 6 nitrogen and oxygen atoms in total. The van der Waals surface area contributed by atoms with Crippen LogP contribution in [-0.4, -0.2) is 37.3 Å². The van der Waals surface area contributed by atoms with Gasteiger partial charge in [0.05, 0.1) is 12.0 Å². The molecule has 0 radical (unpaired) electrons. The molecule has 1 unspecified atom stereocenters. The average molecular weight is 463 g/mol. The largest absolute Gasteiger partial charge is 0.465 e. The number of benzene rings is 2. The van der Waals surface area contributed by atoms with Gasteiger partial charge in [0.15, 0.2) is 0 Å². The summed E-state index contributed by atoms with van der Waals surface area (Å²) in [5, 5.41) is 11.5. The number of hydrogen-bond acceptors (Lipinski definition) is 5. The minimum atomic E-state index is -4.62. The fraction of sp³-hybridized carbons (Fsp3) is 0.316. The third kappa shape index (κ3) is 3.91. The summed E-state index contributed by atoms with van der Waals surface area (Å²) in [6.45, 7) is -0.500. The van der Waals surface area contributed by atoms with Crippen molar-refractivity contribution < 1.29 is 27.6 Å². The first-order valence-corrected chi connectivity index (χ1v) is 9.39. The number of esters is 1. The van der Waals surface area contributed by atoms with E-state index >= 15 is 0 Å². The minimum Gasteiger partial charge on any atom is -0.465 e. The Morgan fingerprint density at radius 2 is 1.83 bits per heavy atom. The Bertz CT molecular complexity index is 996. The molecule has 1 heterocycles. The zero-order valence-electron chi connectivity index (χ0n) is 15.5. The molecular weight excluding hydrogens is 448 g/mol. The first-order chi connectivity index (χ1) is 14.0. The van der Waals surface area contributed by atoms with E-state index in [9.17, 15) is 28.1 Å². The number of nitrogens with zero attached hydrogens (tertiary/aromatic N) is 2. The van der Waals surface area contributed by atoms with Gasteiger partial charge in [-0.15, -0.1) is 0 Å². The Hall–Kier alpha value is -2.52. The van der Waals surface area contributed by atoms with E-state index in [-0.39, 0.29) is 39.8 Å². The third-order valence-corrected chi connectivity index (χ3v) is 5.61. The van der Waals surface area contributed by atoms with Crippen LogP contribution >= 0.6 is 23.2 Å². The molecule has 160 valence electrons. The molecule has 0 saturated carbocycles. The summed E-state index contributed by atoms with van der Waals surface area (Å²) in [6.07, 6.45) is -4.91. The highest BCUT2D eigenvalue weighted by Crippen LogP contribution is 2.49. The maximum absolute atomic E-state index is 14.2. The molecule has 1 aliphatic heterocycles. The number of hydrogen-bond donors (Lipinski definition) is 0. The van der Waals surface area contributed by atoms with E-state index in [0.717, 1.165) is 13.2 Å². The lowest BCUT2D eigenvalue weighted by Crippen LogP contribution is -2.44. The molecule has 1 saturated heterocycles. The summed E-state index contributed by atoms with van der Waals surface area (Å²) in [6, 6.07) is 7.40. The Morgan fingerprint density at radius 1 is 1.20 bits per heavy atom. The van der Waals surface area contributed by atoms with Crippen LogP contribution in [0.1, 0.15) is 22.3 Å². The van der Waals surface area contributed by atoms with Crippen molar-refractivity contribution in [2.24, 2.45) is 0 Å². The van der Waals surface area contributed by atoms with Gasteiger partial charge in [-0.25, -0.2) is 4.79 Å². The molecular formula is C19H15Cl2F3N2O4. The standard InChI is InChI=1S/C19H15Cl2F3N2O4/c1-30-17(27)15-3-2-14(9-16(15)26(28)29)25-5-4-18(10-25,19(22,23)24)11-6-12(20)8-13(21)7-11/h2-3,6-9H,4-5,10H2,1H3. The van der Waals surface area contributed by atoms with Gasteiger partial charge in [0.2, 0.25) is 0 Å². The van der Waals surface area contributed by atoms with Crippen LogP contribution in [0, 0.1) is 10.1 Å². The maximum atomic E-state index is 14.2. The van der Waals surface area contributed by atoms with Gasteiger partial charge in [-0.05, 0) is 42.3 Å². The number of nitro benzene ring substituents is 1. The Labute approximate surface area is 179 Å². The Morgan fingerprint density at radius 3 is 2.37 bits per heavy atom. The molecule has 0 N–H and O–H groups in total. The second kappa shape index (κ2) is 7.96. The lowest BCUT2D eigenvalue weighted by molar-refractivity contribution is -0.385. The molecule has 1 aliphatic rings. The monoisotopic (exact) mass is 462 g/mol. The second-order valence-electron chi connectivity index (χ2n) is 6.86. The van der Waals surface area contributed by atoms with E-state index in [1.165, 1.54) is 35.2 Å². The number of anilines is 1. The number of carbonyl (C=O) groups is 1. The van der Waals surface area contributed by atoms with Crippen LogP contribution in [0.25, 0.3) is 0 Å². The predicted molar refractivity (Wildman–Crippen MR) is 105 cm³/mol. The maximum Gasteiger partial charge on any atom is 0.400 e. The highest BCUT2D eigenvalue weighted by molar-refractivity contribution is 6.34. The molecule has 0 bridgehead atoms. The number of methoxy groups -OCH3 is 1. The van der Waals surface area contributed by atoms with Crippen molar-refractivity contribution in [1.29, 1.82) is 0 Å². The average Bonchev–Trinajstić information content (AvgIpc) is 3.13. The van der Waals surface area contributed by atoms with Gasteiger partial charge in [-0.2, -0.15) is 13.2 Å². The first-order valence-electron chi connectivity index (χ1n) is 8.63. The number of rotatable bonds is 4. The summed E-state index contributed by atoms with van der Waals surface area (Å²) >= 11 is 11.9. The molecule has 0 aromatic heterocycles. The molecule has 2 aromatic rings. The fourth-order valence-corrected chi connectivity index (χ4v) is 4.17. The minimum absolute atomic E-state index is 0.0155. The number of carbonyl (C=O) groups excluding carboxylic acids is 1. The quantitative estimate of drug-likeness (QED) is 0.345. The van der Waals surface area contributed by atoms with Crippen LogP contribution in [0.5, 0.6) is 0 Å². The Balaban J connectivity index is 2.04. The topological polar surface area (TPSA) is 72.7 Å². The van der Waals surface area contributed by atoms with E-state index in [4.69, 9.17) is 23.2 Å². The van der Waals surface area contributed by atoms with Crippen LogP contribution in [0.4, 0.5) is 24.5 Å². The normalized spacial score (nSPS) is 19.1. The predicted octanol–water partition coefficient (Wildman–Crippen LogP) is 5.40. The van der Waals surface area contributed by atoms with Gasteiger partial charge in [0.25, 0.3) is 5.69 Å². The van der Waals surface area contributed by atoms with Crippen LogP contribution in [0.2, 0.25) is 10.0 Å². The van der Waals surface area contributed by atoms with Gasteiger partial charge in [0.1, 0.15) is 11.0 Å². The number of alkyl halides is 3. The van der Waals surface area contributed by atoms with Crippen LogP contribution in [0.15, 0.2) is 36.4 Å². The third-order valence-electron chi connectivity index (χ3n) is 5.18. The van der Waals surface area contributed by atoms with Crippen molar-refractivity contribution >= 4 is 40.5 Å². The number of nitro groups is 1. The summed E-state index contributed by atoms with van der Waals surface area (Å²) in [5.74, 6) is -0.909. The van der Waals surface area contributed by atoms with Gasteiger partial charge in [0, 0.05) is 34.9 Å². The summed E-state index contributed by atoms with van der Waals surface area (Å²) < 4.78 is 47.1. The van der Waals surface area contributed by atoms with Crippen molar-refractivity contribution in [3.63, 3.8) is 0 Å². The van der Waals surface area contributed by atoms with Crippen LogP contribution < -0.4 is 4.90 Å². The van der Waals surface area contributed by atoms with E-state index in [1.54, 1.807) is 0 Å². The fourth-order valence-electron chi connectivity index (χ4n) is 3.64. The Kier molecular flexibility index (Phi) is 5.88. The van der Waals surface area contributed by atoms with Gasteiger partial charge < -0.3 is 9.64 Å². The molecule has 1 atom stereocenters. The molecule has 0 aliphatic carbocycles. The zero-order chi connectivity index (χ0) is 22.3. The van der Waals surface area contributed by atoms with Gasteiger partial charge in [-0.1, -0.05) is 23.2 Å². The van der Waals surface area contributed by atoms with Crippen molar-refractivity contribution in [3.8, 4) is 0 Å². The van der Waals surface area contributed by atoms with E-state index in [1.807, 2.05) is 0 Å². The highest BCUT2D eigenvalue weighted by Gasteiger charge is 2.59. The molecule has 1 fully saturated rings. The first kappa shape index (κ1) is 22.2. The van der Waals surface area contributed by atoms with E-state index in [0.29, 0.717) is 0 Å².